The molecule has 22 heavy (non-hydrogen) atoms. The van der Waals surface area contributed by atoms with E-state index in [-0.39, 0.29) is 28.9 Å². The average molecular weight is 364 g/mol. The lowest BCUT2D eigenvalue weighted by atomic mass is 9.77. The lowest BCUT2D eigenvalue weighted by Gasteiger charge is -2.34. The first-order chi connectivity index (χ1) is 9.89. The molecule has 0 bridgehead atoms. The second kappa shape index (κ2) is 6.16. The van der Waals surface area contributed by atoms with Crippen LogP contribution in [-0.4, -0.2) is 18.6 Å². The molecule has 0 radical (unpaired) electrons. The molecule has 6 nitrogen and oxygen atoms in total. The van der Waals surface area contributed by atoms with Crippen molar-refractivity contribution in [3.05, 3.63) is 41.0 Å². The van der Waals surface area contributed by atoms with Crippen molar-refractivity contribution >= 4 is 33.8 Å². The second-order valence-corrected chi connectivity index (χ2v) is 7.66. The minimum Gasteiger partial charge on any atom is -0.338 e. The maximum Gasteiger partial charge on any atom is 0.242 e. The Kier molecular flexibility index (Phi) is 4.81. The fourth-order valence-corrected chi connectivity index (χ4v) is 3.47. The predicted molar refractivity (Wildman–Crippen MR) is 83.6 cm³/mol. The first kappa shape index (κ1) is 17.2. The van der Waals surface area contributed by atoms with Gasteiger partial charge in [-0.1, -0.05) is 16.8 Å². The molecule has 1 aliphatic carbocycles. The molecule has 1 saturated carbocycles. The van der Waals surface area contributed by atoms with Crippen molar-refractivity contribution < 1.29 is 12.9 Å². The van der Waals surface area contributed by atoms with Crippen molar-refractivity contribution in [3.63, 3.8) is 0 Å². The van der Waals surface area contributed by atoms with Crippen LogP contribution in [0.3, 0.4) is 0 Å². The third-order valence-electron chi connectivity index (χ3n) is 3.65. The van der Waals surface area contributed by atoms with Gasteiger partial charge in [0.25, 0.3) is 0 Å². The molecule has 1 aromatic carbocycles. The molecule has 0 spiro atoms. The summed E-state index contributed by atoms with van der Waals surface area (Å²) in [5.74, 6) is 0.0873. The monoisotopic (exact) mass is 363 g/mol. The van der Waals surface area contributed by atoms with Crippen LogP contribution in [0.1, 0.15) is 31.0 Å². The maximum absolute atomic E-state index is 12.3. The Morgan fingerprint density at radius 3 is 2.45 bits per heavy atom. The average Bonchev–Trinajstić information content (AvgIpc) is 2.84. The van der Waals surface area contributed by atoms with Crippen LogP contribution >= 0.6 is 24.0 Å². The molecule has 0 saturated heterocycles. The Bertz CT molecular complexity index is 755. The third kappa shape index (κ3) is 3.27. The Morgan fingerprint density at radius 1 is 1.27 bits per heavy atom. The molecule has 120 valence electrons. The van der Waals surface area contributed by atoms with E-state index in [0.29, 0.717) is 10.8 Å². The van der Waals surface area contributed by atoms with Crippen molar-refractivity contribution in [2.45, 2.75) is 35.4 Å². The molecule has 2 N–H and O–H groups in total. The van der Waals surface area contributed by atoms with E-state index in [4.69, 9.17) is 21.9 Å². The zero-order valence-electron chi connectivity index (χ0n) is 11.5. The first-order valence-electron chi connectivity index (χ1n) is 6.49. The Hall–Kier alpha value is -1.15. The fraction of sp³-hybridized carbons (Fsp3) is 0.385. The van der Waals surface area contributed by atoms with Crippen LogP contribution in [-0.2, 0) is 21.1 Å². The van der Waals surface area contributed by atoms with E-state index in [9.17, 15) is 8.42 Å². The van der Waals surface area contributed by atoms with E-state index >= 15 is 0 Å². The number of nitrogens with zero attached hydrogens (tertiary/aromatic N) is 2. The lowest BCUT2D eigenvalue weighted by Crippen LogP contribution is -2.44. The maximum atomic E-state index is 12.3. The summed E-state index contributed by atoms with van der Waals surface area (Å²) in [6, 6.07) is 5.95. The molecular weight excluding hydrogens is 349 g/mol. The third-order valence-corrected chi connectivity index (χ3v) is 5.51. The number of hydrogen-bond acceptors (Lipinski definition) is 6. The summed E-state index contributed by atoms with van der Waals surface area (Å²) in [6.45, 7) is 0. The molecule has 2 aromatic rings. The van der Waals surface area contributed by atoms with Crippen LogP contribution in [0.15, 0.2) is 33.7 Å². The zero-order valence-corrected chi connectivity index (χ0v) is 13.9. The smallest absolute Gasteiger partial charge is 0.242 e. The lowest BCUT2D eigenvalue weighted by molar-refractivity contribution is 0.229. The summed E-state index contributed by atoms with van der Waals surface area (Å²) < 4.78 is 29.5. The van der Waals surface area contributed by atoms with E-state index in [1.165, 1.54) is 24.3 Å². The normalized spacial score (nSPS) is 16.6. The minimum absolute atomic E-state index is 0. The topological polar surface area (TPSA) is 99.1 Å². The van der Waals surface area contributed by atoms with Gasteiger partial charge in [0, 0.05) is 5.02 Å². The van der Waals surface area contributed by atoms with Crippen LogP contribution in [0.2, 0.25) is 5.02 Å². The van der Waals surface area contributed by atoms with Crippen LogP contribution in [0, 0.1) is 0 Å². The number of sulfone groups is 1. The van der Waals surface area contributed by atoms with Crippen LogP contribution in [0.25, 0.3) is 0 Å². The summed E-state index contributed by atoms with van der Waals surface area (Å²) in [5.41, 5.74) is 5.52. The highest BCUT2D eigenvalue weighted by molar-refractivity contribution is 7.90. The molecule has 9 heteroatoms. The number of hydrogen-bond donors (Lipinski definition) is 1. The SMILES string of the molecule is Cl.NC1(c2noc(CS(=O)(=O)c3ccc(Cl)cc3)n2)CCC1. The molecule has 1 heterocycles. The van der Waals surface area contributed by atoms with Crippen molar-refractivity contribution in [1.82, 2.24) is 10.1 Å². The highest BCUT2D eigenvalue weighted by Gasteiger charge is 2.39. The highest BCUT2D eigenvalue weighted by Crippen LogP contribution is 2.37. The van der Waals surface area contributed by atoms with E-state index in [2.05, 4.69) is 10.1 Å². The Labute approximate surface area is 139 Å². The van der Waals surface area contributed by atoms with Gasteiger partial charge in [0.15, 0.2) is 15.7 Å². The van der Waals surface area contributed by atoms with Gasteiger partial charge in [-0.2, -0.15) is 4.98 Å². The molecule has 1 aromatic heterocycles. The van der Waals surface area contributed by atoms with Crippen molar-refractivity contribution in [3.8, 4) is 0 Å². The summed E-state index contributed by atoms with van der Waals surface area (Å²) in [5, 5.41) is 4.28. The predicted octanol–water partition coefficient (Wildman–Crippen LogP) is 2.46. The number of halogens is 2. The largest absolute Gasteiger partial charge is 0.338 e. The van der Waals surface area contributed by atoms with E-state index in [1.807, 2.05) is 0 Å². The van der Waals surface area contributed by atoms with E-state index in [0.717, 1.165) is 19.3 Å². The zero-order chi connectivity index (χ0) is 15.1. The molecule has 0 amide bonds. The van der Waals surface area contributed by atoms with Crippen LogP contribution < -0.4 is 5.73 Å². The molecular formula is C13H15Cl2N3O3S. The summed E-state index contributed by atoms with van der Waals surface area (Å²) in [7, 11) is -3.55. The number of rotatable bonds is 4. The fourth-order valence-electron chi connectivity index (χ4n) is 2.18. The van der Waals surface area contributed by atoms with Crippen molar-refractivity contribution in [2.24, 2.45) is 5.73 Å². The van der Waals surface area contributed by atoms with Gasteiger partial charge >= 0.3 is 0 Å². The second-order valence-electron chi connectivity index (χ2n) is 5.23. The van der Waals surface area contributed by atoms with Crippen LogP contribution in [0.4, 0.5) is 0 Å². The molecule has 0 aliphatic heterocycles. The Morgan fingerprint density at radius 2 is 1.91 bits per heavy atom. The van der Waals surface area contributed by atoms with Gasteiger partial charge in [-0.15, -0.1) is 12.4 Å². The van der Waals surface area contributed by atoms with E-state index < -0.39 is 15.4 Å². The summed E-state index contributed by atoms with van der Waals surface area (Å²) in [6.07, 6.45) is 2.59. The summed E-state index contributed by atoms with van der Waals surface area (Å²) >= 11 is 5.75. The minimum atomic E-state index is -3.55. The number of aromatic nitrogens is 2. The van der Waals surface area contributed by atoms with Crippen LogP contribution in [0.5, 0.6) is 0 Å². The highest BCUT2D eigenvalue weighted by atomic mass is 35.5. The molecule has 1 fully saturated rings. The van der Waals surface area contributed by atoms with Gasteiger partial charge in [0.2, 0.25) is 5.89 Å². The van der Waals surface area contributed by atoms with Gasteiger partial charge < -0.3 is 10.3 Å². The van der Waals surface area contributed by atoms with Crippen molar-refractivity contribution in [1.29, 1.82) is 0 Å². The number of benzene rings is 1. The standard InChI is InChI=1S/C13H14ClN3O3S.ClH/c14-9-2-4-10(5-3-9)21(18,19)8-11-16-12(17-20-11)13(15)6-1-7-13;/h2-5H,1,6-8,15H2;1H. The molecule has 0 atom stereocenters. The van der Waals surface area contributed by atoms with Gasteiger partial charge in [0.05, 0.1) is 10.4 Å². The number of nitrogens with two attached hydrogens (primary N) is 1. The summed E-state index contributed by atoms with van der Waals surface area (Å²) in [4.78, 5) is 4.29. The molecule has 0 unspecified atom stereocenters. The molecule has 1 aliphatic rings. The molecule has 3 rings (SSSR count). The Balaban J connectivity index is 0.00000176. The van der Waals surface area contributed by atoms with Gasteiger partial charge in [-0.05, 0) is 43.5 Å². The van der Waals surface area contributed by atoms with Gasteiger partial charge in [-0.3, -0.25) is 0 Å². The van der Waals surface area contributed by atoms with Gasteiger partial charge in [0.1, 0.15) is 5.75 Å². The van der Waals surface area contributed by atoms with Gasteiger partial charge in [-0.25, -0.2) is 8.42 Å². The van der Waals surface area contributed by atoms with E-state index in [1.54, 1.807) is 0 Å². The quantitative estimate of drug-likeness (QED) is 0.895. The van der Waals surface area contributed by atoms with Crippen molar-refractivity contribution in [2.75, 3.05) is 0 Å². The first-order valence-corrected chi connectivity index (χ1v) is 8.52.